The smallest absolute Gasteiger partial charge is 0.351 e. The van der Waals surface area contributed by atoms with Crippen molar-refractivity contribution in [1.29, 1.82) is 0 Å². The van der Waals surface area contributed by atoms with Crippen molar-refractivity contribution < 1.29 is 26.3 Å². The van der Waals surface area contributed by atoms with Gasteiger partial charge in [0.05, 0.1) is 0 Å². The molecule has 2 aromatic rings. The molecule has 2 heterocycles. The minimum Gasteiger partial charge on any atom is -0.351 e. The Kier molecular flexibility index (Phi) is 5.61. The van der Waals surface area contributed by atoms with E-state index in [1.54, 1.807) is 0 Å². The molecule has 2 N–H and O–H groups in total. The minimum atomic E-state index is -4.70. The molecule has 2 aliphatic carbocycles. The van der Waals surface area contributed by atoms with Gasteiger partial charge in [0.1, 0.15) is 11.4 Å². The molecule has 0 spiro atoms. The summed E-state index contributed by atoms with van der Waals surface area (Å²) in [4.78, 5) is 19.6. The molecule has 3 atom stereocenters. The first-order valence-corrected chi connectivity index (χ1v) is 10.2. The van der Waals surface area contributed by atoms with Gasteiger partial charge in [-0.05, 0) is 32.3 Å². The third-order valence-corrected chi connectivity index (χ3v) is 5.54. The summed E-state index contributed by atoms with van der Waals surface area (Å²) in [6.45, 7) is 1.48. The highest BCUT2D eigenvalue weighted by Gasteiger charge is 2.40. The molecule has 0 saturated heterocycles. The van der Waals surface area contributed by atoms with Gasteiger partial charge in [0, 0.05) is 37.5 Å². The molecule has 3 unspecified atom stereocenters. The number of hydrogen-bond acceptors (Lipinski definition) is 7. The maximum Gasteiger partial charge on any atom is 0.433 e. The zero-order valence-electron chi connectivity index (χ0n) is 17.1. The van der Waals surface area contributed by atoms with Crippen molar-refractivity contribution >= 4 is 11.9 Å². The van der Waals surface area contributed by atoms with Gasteiger partial charge in [-0.3, -0.25) is 0 Å². The van der Waals surface area contributed by atoms with E-state index in [0.717, 1.165) is 6.20 Å². The van der Waals surface area contributed by atoms with Crippen LogP contribution in [0.1, 0.15) is 51.1 Å². The molecule has 0 aliphatic heterocycles. The van der Waals surface area contributed by atoms with E-state index in [9.17, 15) is 26.3 Å². The van der Waals surface area contributed by atoms with Crippen LogP contribution in [0.15, 0.2) is 12.3 Å². The number of nitrogens with zero attached hydrogens (tertiary/aromatic N) is 5. The first-order valence-electron chi connectivity index (χ1n) is 10.2. The fourth-order valence-corrected chi connectivity index (χ4v) is 3.98. The van der Waals surface area contributed by atoms with E-state index < -0.39 is 41.7 Å². The van der Waals surface area contributed by atoms with Gasteiger partial charge in [-0.15, -0.1) is 0 Å². The Morgan fingerprint density at radius 3 is 2.03 bits per heavy atom. The molecular weight excluding hydrogens is 440 g/mol. The highest BCUT2D eigenvalue weighted by atomic mass is 19.4. The molecule has 0 aromatic carbocycles. The Bertz CT molecular complexity index is 935. The van der Waals surface area contributed by atoms with E-state index in [4.69, 9.17) is 0 Å². The van der Waals surface area contributed by atoms with E-state index in [2.05, 4.69) is 35.6 Å². The fraction of sp³-hybridized carbons (Fsp3) is 0.632. The van der Waals surface area contributed by atoms with Crippen molar-refractivity contribution in [3.63, 3.8) is 0 Å². The molecule has 7 nitrogen and oxygen atoms in total. The quantitative estimate of drug-likeness (QED) is 0.627. The Labute approximate surface area is 179 Å². The number of anilines is 2. The van der Waals surface area contributed by atoms with Crippen LogP contribution in [0, 0.1) is 0 Å². The molecule has 2 saturated carbocycles. The standard InChI is InChI=1S/C19H21F6N7/c1-17(20)5-2-10(8-17)27-15-30-14(13-26-7-4-12(29-13)19(23,24)25)31-16(32-15)28-11-3-6-18(21,22)9-11/h4,7,10-11H,2-3,5-6,8-9H2,1H3,(H2,27,28,30,31,32). The third kappa shape index (κ3) is 5.36. The SMILES string of the molecule is CC1(F)CCC(Nc2nc(NC3CCC(F)(F)C3)nc(-c3nccc(C(F)(F)F)n3)n2)C1. The van der Waals surface area contributed by atoms with E-state index >= 15 is 0 Å². The molecule has 2 aliphatic rings. The summed E-state index contributed by atoms with van der Waals surface area (Å²) < 4.78 is 80.5. The largest absolute Gasteiger partial charge is 0.433 e. The van der Waals surface area contributed by atoms with Crippen molar-refractivity contribution in [2.45, 2.75) is 75.3 Å². The summed E-state index contributed by atoms with van der Waals surface area (Å²) >= 11 is 0. The van der Waals surface area contributed by atoms with Crippen LogP contribution in [-0.2, 0) is 6.18 Å². The molecule has 4 rings (SSSR count). The lowest BCUT2D eigenvalue weighted by atomic mass is 10.1. The van der Waals surface area contributed by atoms with Gasteiger partial charge in [0.25, 0.3) is 0 Å². The average Bonchev–Trinajstić information content (AvgIpc) is 3.21. The van der Waals surface area contributed by atoms with Crippen molar-refractivity contribution in [3.8, 4) is 11.6 Å². The van der Waals surface area contributed by atoms with Crippen LogP contribution in [-0.4, -0.2) is 48.6 Å². The summed E-state index contributed by atoms with van der Waals surface area (Å²) in [6.07, 6.45) is -3.25. The van der Waals surface area contributed by atoms with Crippen molar-refractivity contribution in [1.82, 2.24) is 24.9 Å². The Balaban J connectivity index is 1.64. The van der Waals surface area contributed by atoms with E-state index in [1.807, 2.05) is 0 Å². The van der Waals surface area contributed by atoms with Gasteiger partial charge in [-0.25, -0.2) is 23.1 Å². The number of rotatable bonds is 5. The molecule has 0 radical (unpaired) electrons. The van der Waals surface area contributed by atoms with E-state index in [0.29, 0.717) is 18.9 Å². The predicted octanol–water partition coefficient (Wildman–Crippen LogP) is 4.64. The van der Waals surface area contributed by atoms with Crippen LogP contribution in [0.4, 0.5) is 38.2 Å². The molecule has 13 heteroatoms. The van der Waals surface area contributed by atoms with Crippen molar-refractivity contribution in [2.75, 3.05) is 10.6 Å². The highest BCUT2D eigenvalue weighted by molar-refractivity contribution is 5.50. The average molecular weight is 461 g/mol. The maximum atomic E-state index is 14.2. The molecule has 0 bridgehead atoms. The molecule has 2 aromatic heterocycles. The first-order chi connectivity index (χ1) is 14.9. The Morgan fingerprint density at radius 2 is 1.50 bits per heavy atom. The highest BCUT2D eigenvalue weighted by Crippen LogP contribution is 2.37. The fourth-order valence-electron chi connectivity index (χ4n) is 3.98. The van der Waals surface area contributed by atoms with Gasteiger partial charge >= 0.3 is 6.18 Å². The number of alkyl halides is 6. The molecule has 32 heavy (non-hydrogen) atoms. The number of aromatic nitrogens is 5. The van der Waals surface area contributed by atoms with E-state index in [1.165, 1.54) is 6.92 Å². The lowest BCUT2D eigenvalue weighted by molar-refractivity contribution is -0.141. The second-order valence-corrected chi connectivity index (χ2v) is 8.51. The topological polar surface area (TPSA) is 88.5 Å². The van der Waals surface area contributed by atoms with Gasteiger partial charge in [-0.1, -0.05) is 0 Å². The van der Waals surface area contributed by atoms with Gasteiger partial charge in [0.15, 0.2) is 5.82 Å². The van der Waals surface area contributed by atoms with Crippen LogP contribution in [0.25, 0.3) is 11.6 Å². The molecular formula is C19H21F6N7. The second kappa shape index (κ2) is 8.00. The Morgan fingerprint density at radius 1 is 0.875 bits per heavy atom. The summed E-state index contributed by atoms with van der Waals surface area (Å²) in [7, 11) is 0. The van der Waals surface area contributed by atoms with Crippen molar-refractivity contribution in [2.24, 2.45) is 0 Å². The predicted molar refractivity (Wildman–Crippen MR) is 103 cm³/mol. The Hall–Kier alpha value is -2.73. The first kappa shape index (κ1) is 22.5. The minimum absolute atomic E-state index is 0.0223. The van der Waals surface area contributed by atoms with Gasteiger partial charge in [-0.2, -0.15) is 28.1 Å². The molecule has 174 valence electrons. The maximum absolute atomic E-state index is 14.2. The number of halogens is 6. The normalized spacial score (nSPS) is 27.5. The van der Waals surface area contributed by atoms with Crippen LogP contribution >= 0.6 is 0 Å². The molecule has 2 fully saturated rings. The van der Waals surface area contributed by atoms with Crippen LogP contribution < -0.4 is 10.6 Å². The van der Waals surface area contributed by atoms with Crippen molar-refractivity contribution in [3.05, 3.63) is 18.0 Å². The monoisotopic (exact) mass is 461 g/mol. The second-order valence-electron chi connectivity index (χ2n) is 8.51. The summed E-state index contributed by atoms with van der Waals surface area (Å²) in [5.74, 6) is -3.59. The zero-order chi connectivity index (χ0) is 23.1. The number of nitrogens with one attached hydrogen (secondary N) is 2. The lowest BCUT2D eigenvalue weighted by Gasteiger charge is -2.17. The summed E-state index contributed by atoms with van der Waals surface area (Å²) in [5, 5.41) is 5.76. The zero-order valence-corrected chi connectivity index (χ0v) is 17.1. The van der Waals surface area contributed by atoms with E-state index in [-0.39, 0.29) is 43.0 Å². The van der Waals surface area contributed by atoms with Gasteiger partial charge < -0.3 is 10.6 Å². The van der Waals surface area contributed by atoms with Gasteiger partial charge in [0.2, 0.25) is 23.6 Å². The van der Waals surface area contributed by atoms with Crippen LogP contribution in [0.3, 0.4) is 0 Å². The summed E-state index contributed by atoms with van der Waals surface area (Å²) in [5.41, 5.74) is -2.53. The summed E-state index contributed by atoms with van der Waals surface area (Å²) in [6, 6.07) is -0.202. The lowest BCUT2D eigenvalue weighted by Crippen LogP contribution is -2.24. The van der Waals surface area contributed by atoms with Crippen LogP contribution in [0.5, 0.6) is 0 Å². The number of hydrogen-bond donors (Lipinski definition) is 2. The third-order valence-electron chi connectivity index (χ3n) is 5.54. The molecule has 0 amide bonds. The van der Waals surface area contributed by atoms with Crippen LogP contribution in [0.2, 0.25) is 0 Å².